The van der Waals surface area contributed by atoms with Gasteiger partial charge in [0.25, 0.3) is 0 Å². The lowest BCUT2D eigenvalue weighted by molar-refractivity contribution is 1.04. The minimum absolute atomic E-state index is 0.961. The predicted molar refractivity (Wildman–Crippen MR) is 110 cm³/mol. The molecule has 0 bridgehead atoms. The second-order valence-corrected chi connectivity index (χ2v) is 7.43. The number of benzene rings is 2. The Morgan fingerprint density at radius 3 is 2.62 bits per heavy atom. The second kappa shape index (κ2) is 7.34. The van der Waals surface area contributed by atoms with Crippen molar-refractivity contribution in [2.24, 2.45) is 0 Å². The van der Waals surface area contributed by atoms with Gasteiger partial charge in [0.1, 0.15) is 17.0 Å². The monoisotopic (exact) mass is 359 g/mol. The highest BCUT2D eigenvalue weighted by Gasteiger charge is 2.17. The summed E-state index contributed by atoms with van der Waals surface area (Å²) in [6.45, 7) is 4.31. The van der Waals surface area contributed by atoms with Gasteiger partial charge in [-0.15, -0.1) is 11.8 Å². The van der Waals surface area contributed by atoms with Crippen molar-refractivity contribution in [1.82, 2.24) is 14.5 Å². The van der Waals surface area contributed by atoms with E-state index in [2.05, 4.69) is 83.1 Å². The molecule has 0 aliphatic carbocycles. The van der Waals surface area contributed by atoms with Crippen molar-refractivity contribution < 1.29 is 0 Å². The summed E-state index contributed by atoms with van der Waals surface area (Å²) in [4.78, 5) is 9.23. The number of thioether (sulfide) groups is 1. The molecule has 0 saturated heterocycles. The molecule has 0 aliphatic rings. The number of nitrogens with zero attached hydrogens (tertiary/aromatic N) is 3. The van der Waals surface area contributed by atoms with Crippen molar-refractivity contribution in [2.45, 2.75) is 25.3 Å². The van der Waals surface area contributed by atoms with E-state index in [1.807, 2.05) is 6.07 Å². The maximum Gasteiger partial charge on any atom is 0.149 e. The Hall–Kier alpha value is -2.59. The highest BCUT2D eigenvalue weighted by molar-refractivity contribution is 7.99. The number of aromatic nitrogens is 3. The molecular weight excluding hydrogens is 338 g/mol. The van der Waals surface area contributed by atoms with E-state index in [1.54, 1.807) is 18.1 Å². The maximum atomic E-state index is 4.64. The fourth-order valence-corrected chi connectivity index (χ4v) is 4.02. The van der Waals surface area contributed by atoms with Crippen LogP contribution in [0, 0.1) is 6.92 Å². The smallest absolute Gasteiger partial charge is 0.149 e. The van der Waals surface area contributed by atoms with Gasteiger partial charge in [0.2, 0.25) is 0 Å². The van der Waals surface area contributed by atoms with Gasteiger partial charge in [-0.25, -0.2) is 9.97 Å². The van der Waals surface area contributed by atoms with Crippen molar-refractivity contribution in [1.29, 1.82) is 0 Å². The first-order valence-electron chi connectivity index (χ1n) is 8.89. The van der Waals surface area contributed by atoms with Crippen LogP contribution in [0.1, 0.15) is 18.9 Å². The van der Waals surface area contributed by atoms with Crippen LogP contribution in [0.3, 0.4) is 0 Å². The number of hydrogen-bond acceptors (Lipinski definition) is 3. The van der Waals surface area contributed by atoms with E-state index < -0.39 is 0 Å². The van der Waals surface area contributed by atoms with Gasteiger partial charge in [0.05, 0.1) is 5.39 Å². The molecule has 0 unspecified atom stereocenters. The van der Waals surface area contributed by atoms with Gasteiger partial charge >= 0.3 is 0 Å². The summed E-state index contributed by atoms with van der Waals surface area (Å²) >= 11 is 1.81. The highest BCUT2D eigenvalue weighted by Crippen LogP contribution is 2.36. The summed E-state index contributed by atoms with van der Waals surface area (Å²) in [6.07, 6.45) is 5.00. The quantitative estimate of drug-likeness (QED) is 0.328. The molecule has 0 radical (unpaired) electrons. The van der Waals surface area contributed by atoms with E-state index in [0.29, 0.717) is 0 Å². The number of fused-ring (bicyclic) bond motifs is 1. The van der Waals surface area contributed by atoms with Crippen molar-refractivity contribution in [2.75, 3.05) is 5.75 Å². The van der Waals surface area contributed by atoms with Crippen LogP contribution in [0.25, 0.3) is 27.8 Å². The van der Waals surface area contributed by atoms with Crippen LogP contribution in [-0.4, -0.2) is 20.3 Å². The summed E-state index contributed by atoms with van der Waals surface area (Å²) in [7, 11) is 0. The van der Waals surface area contributed by atoms with E-state index in [9.17, 15) is 0 Å². The third-order valence-electron chi connectivity index (χ3n) is 4.36. The second-order valence-electron chi connectivity index (χ2n) is 6.34. The summed E-state index contributed by atoms with van der Waals surface area (Å²) in [5.41, 5.74) is 5.70. The van der Waals surface area contributed by atoms with E-state index in [4.69, 9.17) is 0 Å². The molecule has 0 N–H and O–H groups in total. The predicted octanol–water partition coefficient (Wildman–Crippen LogP) is 5.90. The molecule has 2 aromatic heterocycles. The van der Waals surface area contributed by atoms with Gasteiger partial charge in [-0.2, -0.15) is 0 Å². The van der Waals surface area contributed by atoms with E-state index in [-0.39, 0.29) is 0 Å². The Balaban J connectivity index is 2.00. The Bertz CT molecular complexity index is 1040. The molecule has 3 nitrogen and oxygen atoms in total. The zero-order valence-electron chi connectivity index (χ0n) is 15.0. The molecule has 0 amide bonds. The first kappa shape index (κ1) is 16.9. The third kappa shape index (κ3) is 3.13. The average Bonchev–Trinajstić information content (AvgIpc) is 3.07. The fraction of sp³-hybridized carbons (Fsp3) is 0.182. The van der Waals surface area contributed by atoms with Crippen molar-refractivity contribution in [3.63, 3.8) is 0 Å². The Morgan fingerprint density at radius 2 is 1.85 bits per heavy atom. The highest BCUT2D eigenvalue weighted by atomic mass is 32.2. The summed E-state index contributed by atoms with van der Waals surface area (Å²) in [6, 6.07) is 19.0. The zero-order valence-corrected chi connectivity index (χ0v) is 15.8. The molecule has 4 aromatic rings. The van der Waals surface area contributed by atoms with Crippen molar-refractivity contribution >= 4 is 22.8 Å². The SMILES string of the molecule is CCCSc1ncnc2c1c(-c1ccccc1)cn2-c1cccc(C)c1. The van der Waals surface area contributed by atoms with Crippen LogP contribution in [0.5, 0.6) is 0 Å². The fourth-order valence-electron chi connectivity index (χ4n) is 3.15. The molecule has 0 fully saturated rings. The van der Waals surface area contributed by atoms with Crippen LogP contribution in [0.2, 0.25) is 0 Å². The summed E-state index contributed by atoms with van der Waals surface area (Å²) in [5, 5.41) is 2.20. The number of hydrogen-bond donors (Lipinski definition) is 0. The molecule has 4 heteroatoms. The first-order chi connectivity index (χ1) is 12.8. The van der Waals surface area contributed by atoms with Gasteiger partial charge in [0, 0.05) is 17.4 Å². The maximum absolute atomic E-state index is 4.64. The molecule has 4 rings (SSSR count). The van der Waals surface area contributed by atoms with E-state index in [0.717, 1.165) is 33.9 Å². The molecule has 0 atom stereocenters. The van der Waals surface area contributed by atoms with Crippen molar-refractivity contribution in [3.8, 4) is 16.8 Å². The molecule has 26 heavy (non-hydrogen) atoms. The molecule has 2 aromatic carbocycles. The third-order valence-corrected chi connectivity index (χ3v) is 5.55. The van der Waals surface area contributed by atoms with Gasteiger partial charge in [-0.05, 0) is 42.4 Å². The lowest BCUT2D eigenvalue weighted by Crippen LogP contribution is -1.95. The minimum atomic E-state index is 0.961. The van der Waals surface area contributed by atoms with Crippen molar-refractivity contribution in [3.05, 3.63) is 72.7 Å². The number of rotatable bonds is 5. The normalized spacial score (nSPS) is 11.2. The molecule has 130 valence electrons. The van der Waals surface area contributed by atoms with Gasteiger partial charge in [-0.1, -0.05) is 49.4 Å². The first-order valence-corrected chi connectivity index (χ1v) is 9.88. The largest absolute Gasteiger partial charge is 0.301 e. The Labute approximate surface area is 158 Å². The topological polar surface area (TPSA) is 30.7 Å². The Morgan fingerprint density at radius 1 is 1.00 bits per heavy atom. The average molecular weight is 359 g/mol. The molecule has 0 aliphatic heterocycles. The zero-order chi connectivity index (χ0) is 17.9. The summed E-state index contributed by atoms with van der Waals surface area (Å²) < 4.78 is 2.18. The lowest BCUT2D eigenvalue weighted by atomic mass is 10.1. The van der Waals surface area contributed by atoms with Crippen LogP contribution in [0.4, 0.5) is 0 Å². The van der Waals surface area contributed by atoms with E-state index >= 15 is 0 Å². The van der Waals surface area contributed by atoms with Gasteiger partial charge in [0.15, 0.2) is 0 Å². The van der Waals surface area contributed by atoms with Crippen LogP contribution < -0.4 is 0 Å². The lowest BCUT2D eigenvalue weighted by Gasteiger charge is -2.06. The Kier molecular flexibility index (Phi) is 4.76. The van der Waals surface area contributed by atoms with Gasteiger partial charge < -0.3 is 4.57 Å². The summed E-state index contributed by atoms with van der Waals surface area (Å²) in [5.74, 6) is 1.05. The van der Waals surface area contributed by atoms with Crippen LogP contribution in [0.15, 0.2) is 72.1 Å². The molecule has 2 heterocycles. The van der Waals surface area contributed by atoms with E-state index in [1.165, 1.54) is 16.7 Å². The van der Waals surface area contributed by atoms with Crippen LogP contribution in [-0.2, 0) is 0 Å². The minimum Gasteiger partial charge on any atom is -0.301 e. The standard InChI is InChI=1S/C22H21N3S/c1-3-12-26-22-20-19(17-9-5-4-6-10-17)14-25(21(20)23-15-24-22)18-11-7-8-16(2)13-18/h4-11,13-15H,3,12H2,1-2H3. The number of aryl methyl sites for hydroxylation is 1. The molecular formula is C22H21N3S. The van der Waals surface area contributed by atoms with Gasteiger partial charge in [-0.3, -0.25) is 0 Å². The van der Waals surface area contributed by atoms with Crippen LogP contribution >= 0.6 is 11.8 Å². The molecule has 0 saturated carbocycles. The molecule has 0 spiro atoms.